The van der Waals surface area contributed by atoms with E-state index in [0.29, 0.717) is 23.8 Å². The standard InChI is InChI=1S/C18H22F3N5S/c1-25-5-9-7-26(8-10(9)6-25)16-15-14(23-17(22)24-16)12-4-11(18(19,20)21)2-3-13(12)27-15/h9-11H,2-8H2,1H3,(H2,22,23,24). The maximum absolute atomic E-state index is 13.2. The number of rotatable bonds is 1. The highest BCUT2D eigenvalue weighted by Gasteiger charge is 2.43. The molecule has 2 fully saturated rings. The van der Waals surface area contributed by atoms with E-state index in [1.165, 1.54) is 0 Å². The molecule has 2 aromatic heterocycles. The van der Waals surface area contributed by atoms with Gasteiger partial charge in [0.1, 0.15) is 0 Å². The number of hydrogen-bond acceptors (Lipinski definition) is 6. The molecule has 4 heterocycles. The summed E-state index contributed by atoms with van der Waals surface area (Å²) < 4.78 is 40.6. The van der Waals surface area contributed by atoms with Crippen molar-refractivity contribution in [1.82, 2.24) is 14.9 Å². The normalized spacial score (nSPS) is 28.7. The molecule has 0 spiro atoms. The second-order valence-electron chi connectivity index (χ2n) is 8.21. The van der Waals surface area contributed by atoms with Crippen LogP contribution < -0.4 is 10.6 Å². The fraction of sp³-hybridized carbons (Fsp3) is 0.667. The van der Waals surface area contributed by atoms with Crippen LogP contribution in [0, 0.1) is 17.8 Å². The summed E-state index contributed by atoms with van der Waals surface area (Å²) in [6.07, 6.45) is -3.55. The molecule has 3 unspecified atom stereocenters. The van der Waals surface area contributed by atoms with Crippen molar-refractivity contribution >= 4 is 33.3 Å². The molecular formula is C18H22F3N5S. The van der Waals surface area contributed by atoms with Gasteiger partial charge in [-0.05, 0) is 43.7 Å². The molecule has 3 aliphatic rings. The predicted molar refractivity (Wildman–Crippen MR) is 100 cm³/mol. The first-order valence-electron chi connectivity index (χ1n) is 9.37. The quantitative estimate of drug-likeness (QED) is 0.802. The second kappa shape index (κ2) is 5.94. The predicted octanol–water partition coefficient (Wildman–Crippen LogP) is 2.94. The molecular weight excluding hydrogens is 375 g/mol. The van der Waals surface area contributed by atoms with Gasteiger partial charge in [0.25, 0.3) is 0 Å². The van der Waals surface area contributed by atoms with Gasteiger partial charge >= 0.3 is 6.18 Å². The summed E-state index contributed by atoms with van der Waals surface area (Å²) in [5.74, 6) is 0.916. The Bertz CT molecular complexity index is 881. The Kier molecular flexibility index (Phi) is 3.85. The molecule has 146 valence electrons. The Morgan fingerprint density at radius 2 is 1.81 bits per heavy atom. The number of nitrogens with two attached hydrogens (primary N) is 1. The van der Waals surface area contributed by atoms with Crippen LogP contribution in [0.2, 0.25) is 0 Å². The molecule has 3 atom stereocenters. The number of aryl methyl sites for hydroxylation is 1. The first-order valence-corrected chi connectivity index (χ1v) is 10.2. The van der Waals surface area contributed by atoms with E-state index in [1.807, 2.05) is 0 Å². The molecule has 2 aliphatic heterocycles. The monoisotopic (exact) mass is 397 g/mol. The third-order valence-electron chi connectivity index (χ3n) is 6.31. The minimum Gasteiger partial charge on any atom is -0.368 e. The van der Waals surface area contributed by atoms with Crippen molar-refractivity contribution in [2.75, 3.05) is 43.9 Å². The lowest BCUT2D eigenvalue weighted by molar-refractivity contribution is -0.176. The van der Waals surface area contributed by atoms with Gasteiger partial charge in [0.15, 0.2) is 5.82 Å². The van der Waals surface area contributed by atoms with E-state index in [-0.39, 0.29) is 18.8 Å². The first-order chi connectivity index (χ1) is 12.8. The van der Waals surface area contributed by atoms with Gasteiger partial charge in [-0.2, -0.15) is 18.2 Å². The van der Waals surface area contributed by atoms with E-state index in [0.717, 1.165) is 47.1 Å². The Hall–Kier alpha value is -1.61. The average molecular weight is 397 g/mol. The van der Waals surface area contributed by atoms with Crippen molar-refractivity contribution in [3.05, 3.63) is 10.4 Å². The molecule has 1 aliphatic carbocycles. The Morgan fingerprint density at radius 1 is 1.11 bits per heavy atom. The van der Waals surface area contributed by atoms with Gasteiger partial charge in [0, 0.05) is 31.1 Å². The lowest BCUT2D eigenvalue weighted by Gasteiger charge is -2.24. The van der Waals surface area contributed by atoms with Gasteiger partial charge in [-0.1, -0.05) is 0 Å². The number of nitrogen functional groups attached to an aromatic ring is 1. The number of hydrogen-bond donors (Lipinski definition) is 1. The lowest BCUT2D eigenvalue weighted by atomic mass is 9.87. The van der Waals surface area contributed by atoms with Crippen LogP contribution in [0.4, 0.5) is 24.9 Å². The molecule has 2 N–H and O–H groups in total. The van der Waals surface area contributed by atoms with Crippen LogP contribution in [0.3, 0.4) is 0 Å². The highest BCUT2D eigenvalue weighted by Crippen LogP contribution is 2.45. The van der Waals surface area contributed by atoms with Crippen LogP contribution >= 0.6 is 11.3 Å². The van der Waals surface area contributed by atoms with Crippen molar-refractivity contribution in [3.63, 3.8) is 0 Å². The van der Waals surface area contributed by atoms with Crippen LogP contribution in [0.25, 0.3) is 10.2 Å². The minimum absolute atomic E-state index is 0.00473. The van der Waals surface area contributed by atoms with Crippen molar-refractivity contribution in [1.29, 1.82) is 0 Å². The highest BCUT2D eigenvalue weighted by molar-refractivity contribution is 7.19. The maximum Gasteiger partial charge on any atom is 0.392 e. The Balaban J connectivity index is 1.53. The largest absolute Gasteiger partial charge is 0.392 e. The summed E-state index contributed by atoms with van der Waals surface area (Å²) in [5.41, 5.74) is 7.34. The first kappa shape index (κ1) is 17.5. The zero-order chi connectivity index (χ0) is 18.9. The Morgan fingerprint density at radius 3 is 2.48 bits per heavy atom. The number of alkyl halides is 3. The topological polar surface area (TPSA) is 58.3 Å². The smallest absolute Gasteiger partial charge is 0.368 e. The van der Waals surface area contributed by atoms with Crippen LogP contribution in [-0.2, 0) is 12.8 Å². The zero-order valence-corrected chi connectivity index (χ0v) is 15.9. The number of halogens is 3. The van der Waals surface area contributed by atoms with Gasteiger partial charge in [0.2, 0.25) is 5.95 Å². The SMILES string of the molecule is CN1CC2CN(c3nc(N)nc4c5c(sc34)CCC(C(F)(F)F)C5)CC2C1. The van der Waals surface area contributed by atoms with E-state index in [1.54, 1.807) is 11.3 Å². The number of anilines is 2. The molecule has 0 bridgehead atoms. The molecule has 0 saturated carbocycles. The molecule has 5 rings (SSSR count). The number of fused-ring (bicyclic) bond motifs is 4. The molecule has 0 aromatic carbocycles. The fourth-order valence-corrected chi connectivity index (χ4v) is 6.33. The number of aromatic nitrogens is 2. The third kappa shape index (κ3) is 2.86. The van der Waals surface area contributed by atoms with Crippen LogP contribution in [0.15, 0.2) is 0 Å². The molecule has 0 radical (unpaired) electrons. The second-order valence-corrected chi connectivity index (χ2v) is 9.32. The summed E-state index contributed by atoms with van der Waals surface area (Å²) in [7, 11) is 2.15. The van der Waals surface area contributed by atoms with E-state index in [4.69, 9.17) is 5.73 Å². The van der Waals surface area contributed by atoms with Crippen LogP contribution in [0.5, 0.6) is 0 Å². The van der Waals surface area contributed by atoms with Gasteiger partial charge in [-0.3, -0.25) is 0 Å². The molecule has 2 aromatic rings. The van der Waals surface area contributed by atoms with E-state index in [2.05, 4.69) is 26.8 Å². The van der Waals surface area contributed by atoms with E-state index < -0.39 is 12.1 Å². The molecule has 5 nitrogen and oxygen atoms in total. The summed E-state index contributed by atoms with van der Waals surface area (Å²) in [6.45, 7) is 4.01. The minimum atomic E-state index is -4.16. The number of thiophene rings is 1. The summed E-state index contributed by atoms with van der Waals surface area (Å²) in [6, 6.07) is 0. The summed E-state index contributed by atoms with van der Waals surface area (Å²) >= 11 is 1.56. The maximum atomic E-state index is 13.2. The molecule has 2 saturated heterocycles. The zero-order valence-electron chi connectivity index (χ0n) is 15.1. The Labute approximate surface area is 159 Å². The van der Waals surface area contributed by atoms with Gasteiger partial charge in [-0.15, -0.1) is 11.3 Å². The van der Waals surface area contributed by atoms with Crippen molar-refractivity contribution in [3.8, 4) is 0 Å². The molecule has 27 heavy (non-hydrogen) atoms. The van der Waals surface area contributed by atoms with Crippen molar-refractivity contribution < 1.29 is 13.2 Å². The van der Waals surface area contributed by atoms with Gasteiger partial charge < -0.3 is 15.5 Å². The average Bonchev–Trinajstić information content (AvgIpc) is 3.23. The summed E-state index contributed by atoms with van der Waals surface area (Å²) in [4.78, 5) is 14.5. The number of likely N-dealkylation sites (tertiary alicyclic amines) is 1. The lowest BCUT2D eigenvalue weighted by Crippen LogP contribution is -2.28. The highest BCUT2D eigenvalue weighted by atomic mass is 32.1. The van der Waals surface area contributed by atoms with Crippen molar-refractivity contribution in [2.24, 2.45) is 17.8 Å². The third-order valence-corrected chi connectivity index (χ3v) is 7.59. The van der Waals surface area contributed by atoms with Gasteiger partial charge in [0.05, 0.1) is 16.1 Å². The van der Waals surface area contributed by atoms with Crippen molar-refractivity contribution in [2.45, 2.75) is 25.4 Å². The molecule has 0 amide bonds. The van der Waals surface area contributed by atoms with Crippen LogP contribution in [0.1, 0.15) is 16.9 Å². The van der Waals surface area contributed by atoms with E-state index >= 15 is 0 Å². The van der Waals surface area contributed by atoms with Crippen LogP contribution in [-0.4, -0.2) is 54.3 Å². The fourth-order valence-electron chi connectivity index (χ4n) is 5.03. The number of nitrogens with zero attached hydrogens (tertiary/aromatic N) is 4. The summed E-state index contributed by atoms with van der Waals surface area (Å²) in [5, 5.41) is 0. The van der Waals surface area contributed by atoms with E-state index in [9.17, 15) is 13.2 Å². The van der Waals surface area contributed by atoms with Gasteiger partial charge in [-0.25, -0.2) is 4.98 Å². The molecule has 9 heteroatoms.